The number of aromatic nitrogens is 2. The number of hydrogen-bond acceptors (Lipinski definition) is 7. The third-order valence-electron chi connectivity index (χ3n) is 2.43. The Morgan fingerprint density at radius 1 is 1.53 bits per heavy atom. The molecule has 2 aromatic heterocycles. The van der Waals surface area contributed by atoms with Gasteiger partial charge in [-0.25, -0.2) is 14.8 Å². The van der Waals surface area contributed by atoms with Crippen molar-refractivity contribution in [3.8, 4) is 0 Å². The van der Waals surface area contributed by atoms with Crippen LogP contribution in [0.15, 0.2) is 23.8 Å². The predicted octanol–water partition coefficient (Wildman–Crippen LogP) is 1.56. The number of ether oxygens (including phenoxy) is 1. The topological polar surface area (TPSA) is 90.1 Å². The van der Waals surface area contributed by atoms with E-state index in [0.29, 0.717) is 23.6 Å². The molecule has 0 saturated heterocycles. The van der Waals surface area contributed by atoms with Crippen molar-refractivity contribution in [3.63, 3.8) is 0 Å². The predicted molar refractivity (Wildman–Crippen MR) is 74.3 cm³/mol. The molecule has 0 unspecified atom stereocenters. The SMILES string of the molecule is COC(=O)c1cc(N)cnc1NCCc1nccs1. The van der Waals surface area contributed by atoms with Crippen molar-refractivity contribution in [1.82, 2.24) is 9.97 Å². The minimum atomic E-state index is -0.462. The molecular formula is C12H14N4O2S. The van der Waals surface area contributed by atoms with Crippen LogP contribution in [-0.2, 0) is 11.2 Å². The van der Waals surface area contributed by atoms with Crippen LogP contribution < -0.4 is 11.1 Å². The zero-order valence-electron chi connectivity index (χ0n) is 10.4. The molecule has 0 aromatic carbocycles. The Labute approximate surface area is 114 Å². The lowest BCUT2D eigenvalue weighted by atomic mass is 10.2. The Balaban J connectivity index is 2.04. The van der Waals surface area contributed by atoms with E-state index in [4.69, 9.17) is 10.5 Å². The second-order valence-corrected chi connectivity index (χ2v) is 4.74. The van der Waals surface area contributed by atoms with Crippen LogP contribution in [0, 0.1) is 0 Å². The lowest BCUT2D eigenvalue weighted by molar-refractivity contribution is 0.0601. The molecule has 6 nitrogen and oxygen atoms in total. The number of esters is 1. The summed E-state index contributed by atoms with van der Waals surface area (Å²) < 4.78 is 4.70. The van der Waals surface area contributed by atoms with Crippen LogP contribution in [0.1, 0.15) is 15.4 Å². The Kier molecular flexibility index (Phi) is 4.30. The van der Waals surface area contributed by atoms with Gasteiger partial charge in [0.05, 0.1) is 24.0 Å². The first kappa shape index (κ1) is 13.3. The molecule has 100 valence electrons. The first-order chi connectivity index (χ1) is 9.20. The van der Waals surface area contributed by atoms with E-state index in [2.05, 4.69) is 15.3 Å². The van der Waals surface area contributed by atoms with E-state index in [1.165, 1.54) is 13.3 Å². The smallest absolute Gasteiger partial charge is 0.341 e. The van der Waals surface area contributed by atoms with Crippen molar-refractivity contribution in [2.75, 3.05) is 24.7 Å². The zero-order valence-corrected chi connectivity index (χ0v) is 11.2. The number of nitrogens with one attached hydrogen (secondary N) is 1. The third-order valence-corrected chi connectivity index (χ3v) is 3.27. The molecule has 7 heteroatoms. The molecule has 0 saturated carbocycles. The molecule has 2 rings (SSSR count). The molecular weight excluding hydrogens is 264 g/mol. The molecule has 0 atom stereocenters. The second-order valence-electron chi connectivity index (χ2n) is 3.76. The van der Waals surface area contributed by atoms with Gasteiger partial charge in [-0.05, 0) is 6.07 Å². The monoisotopic (exact) mass is 278 g/mol. The van der Waals surface area contributed by atoms with Gasteiger partial charge in [-0.1, -0.05) is 0 Å². The maximum absolute atomic E-state index is 11.6. The van der Waals surface area contributed by atoms with Gasteiger partial charge in [0.15, 0.2) is 0 Å². The van der Waals surface area contributed by atoms with Gasteiger partial charge in [-0.3, -0.25) is 0 Å². The Bertz CT molecular complexity index is 557. The van der Waals surface area contributed by atoms with E-state index in [9.17, 15) is 4.79 Å². The lowest BCUT2D eigenvalue weighted by Crippen LogP contribution is -2.12. The van der Waals surface area contributed by atoms with Gasteiger partial charge in [0.25, 0.3) is 0 Å². The highest BCUT2D eigenvalue weighted by atomic mass is 32.1. The summed E-state index contributed by atoms with van der Waals surface area (Å²) in [6.07, 6.45) is 4.03. The molecule has 0 amide bonds. The van der Waals surface area contributed by atoms with Gasteiger partial charge < -0.3 is 15.8 Å². The average molecular weight is 278 g/mol. The van der Waals surface area contributed by atoms with Crippen molar-refractivity contribution in [2.24, 2.45) is 0 Å². The van der Waals surface area contributed by atoms with Gasteiger partial charge in [-0.2, -0.15) is 0 Å². The number of carbonyl (C=O) groups excluding carboxylic acids is 1. The summed E-state index contributed by atoms with van der Waals surface area (Å²) in [4.78, 5) is 19.9. The molecule has 0 spiro atoms. The average Bonchev–Trinajstić information content (AvgIpc) is 2.92. The normalized spacial score (nSPS) is 10.2. The first-order valence-corrected chi connectivity index (χ1v) is 6.54. The molecule has 2 aromatic rings. The van der Waals surface area contributed by atoms with Crippen LogP contribution in [0.5, 0.6) is 0 Å². The van der Waals surface area contributed by atoms with E-state index < -0.39 is 5.97 Å². The van der Waals surface area contributed by atoms with E-state index >= 15 is 0 Å². The standard InChI is InChI=1S/C12H14N4O2S/c1-18-12(17)9-6-8(13)7-16-11(9)15-3-2-10-14-4-5-19-10/h4-7H,2-3,13H2,1H3,(H,15,16). The van der Waals surface area contributed by atoms with E-state index in [-0.39, 0.29) is 0 Å². The number of thiazole rings is 1. The number of pyridine rings is 1. The number of hydrogen-bond donors (Lipinski definition) is 2. The van der Waals surface area contributed by atoms with Crippen molar-refractivity contribution >= 4 is 28.8 Å². The van der Waals surface area contributed by atoms with Crippen LogP contribution >= 0.6 is 11.3 Å². The summed E-state index contributed by atoms with van der Waals surface area (Å²) in [6.45, 7) is 0.633. The summed E-state index contributed by atoms with van der Waals surface area (Å²) in [5, 5.41) is 6.05. The number of nitrogen functional groups attached to an aromatic ring is 1. The zero-order chi connectivity index (χ0) is 13.7. The Morgan fingerprint density at radius 2 is 2.37 bits per heavy atom. The fraction of sp³-hybridized carbons (Fsp3) is 0.250. The number of carbonyl (C=O) groups is 1. The highest BCUT2D eigenvalue weighted by Gasteiger charge is 2.13. The molecule has 0 aliphatic rings. The summed E-state index contributed by atoms with van der Waals surface area (Å²) >= 11 is 1.59. The van der Waals surface area contributed by atoms with E-state index in [0.717, 1.165) is 11.4 Å². The minimum Gasteiger partial charge on any atom is -0.465 e. The third kappa shape index (κ3) is 3.41. The summed E-state index contributed by atoms with van der Waals surface area (Å²) in [7, 11) is 1.32. The Morgan fingerprint density at radius 3 is 3.05 bits per heavy atom. The van der Waals surface area contributed by atoms with Gasteiger partial charge >= 0.3 is 5.97 Å². The number of rotatable bonds is 5. The second kappa shape index (κ2) is 6.14. The quantitative estimate of drug-likeness (QED) is 0.807. The van der Waals surface area contributed by atoms with Crippen molar-refractivity contribution < 1.29 is 9.53 Å². The van der Waals surface area contributed by atoms with Crippen molar-refractivity contribution in [2.45, 2.75) is 6.42 Å². The maximum atomic E-state index is 11.6. The minimum absolute atomic E-state index is 0.335. The molecule has 0 fully saturated rings. The largest absolute Gasteiger partial charge is 0.465 e. The van der Waals surface area contributed by atoms with E-state index in [1.54, 1.807) is 23.6 Å². The first-order valence-electron chi connectivity index (χ1n) is 5.67. The molecule has 0 aliphatic carbocycles. The van der Waals surface area contributed by atoms with Gasteiger partial charge in [0.2, 0.25) is 0 Å². The summed E-state index contributed by atoms with van der Waals surface area (Å²) in [5.41, 5.74) is 6.38. The fourth-order valence-corrected chi connectivity index (χ4v) is 2.17. The lowest BCUT2D eigenvalue weighted by Gasteiger charge is -2.09. The fourth-order valence-electron chi connectivity index (χ4n) is 1.55. The number of nitrogens with two attached hydrogens (primary N) is 1. The van der Waals surface area contributed by atoms with Crippen LogP contribution in [0.2, 0.25) is 0 Å². The number of nitrogens with zero attached hydrogens (tertiary/aromatic N) is 2. The Hall–Kier alpha value is -2.15. The number of methoxy groups -OCH3 is 1. The molecule has 3 N–H and O–H groups in total. The van der Waals surface area contributed by atoms with Crippen molar-refractivity contribution in [1.29, 1.82) is 0 Å². The highest BCUT2D eigenvalue weighted by Crippen LogP contribution is 2.16. The van der Waals surface area contributed by atoms with Gasteiger partial charge in [-0.15, -0.1) is 11.3 Å². The molecule has 0 aliphatic heterocycles. The van der Waals surface area contributed by atoms with Crippen LogP contribution in [0.3, 0.4) is 0 Å². The molecule has 2 heterocycles. The van der Waals surface area contributed by atoms with Gasteiger partial charge in [0.1, 0.15) is 11.4 Å². The number of anilines is 2. The molecule has 0 bridgehead atoms. The molecule has 19 heavy (non-hydrogen) atoms. The van der Waals surface area contributed by atoms with Gasteiger partial charge in [0, 0.05) is 24.5 Å². The van der Waals surface area contributed by atoms with E-state index in [1.807, 2.05) is 5.38 Å². The summed E-state index contributed by atoms with van der Waals surface area (Å²) in [5.74, 6) is 0.00848. The summed E-state index contributed by atoms with van der Waals surface area (Å²) in [6, 6.07) is 1.55. The van der Waals surface area contributed by atoms with Crippen LogP contribution in [0.4, 0.5) is 11.5 Å². The van der Waals surface area contributed by atoms with Crippen molar-refractivity contribution in [3.05, 3.63) is 34.4 Å². The highest BCUT2D eigenvalue weighted by molar-refractivity contribution is 7.09. The van der Waals surface area contributed by atoms with Crippen LogP contribution in [-0.4, -0.2) is 29.6 Å². The maximum Gasteiger partial charge on any atom is 0.341 e. The molecule has 0 radical (unpaired) electrons. The van der Waals surface area contributed by atoms with Crippen LogP contribution in [0.25, 0.3) is 0 Å².